The summed E-state index contributed by atoms with van der Waals surface area (Å²) >= 11 is 1.28. The van der Waals surface area contributed by atoms with Gasteiger partial charge in [0.15, 0.2) is 0 Å². The SMILES string of the molecule is Cc1nc(-c2ccccc2F)sc1C(=O)N1CC2CN(c3cnccn3)CC2C1. The Labute approximate surface area is 172 Å². The maximum absolute atomic E-state index is 14.1. The van der Waals surface area contributed by atoms with Gasteiger partial charge in [-0.3, -0.25) is 9.78 Å². The molecule has 0 aliphatic carbocycles. The van der Waals surface area contributed by atoms with Crippen molar-refractivity contribution in [1.29, 1.82) is 0 Å². The first-order valence-corrected chi connectivity index (χ1v) is 10.4. The highest BCUT2D eigenvalue weighted by Crippen LogP contribution is 2.36. The zero-order valence-electron chi connectivity index (χ0n) is 16.0. The molecule has 3 aromatic rings. The number of rotatable bonds is 3. The normalized spacial score (nSPS) is 20.9. The Morgan fingerprint density at radius 3 is 2.59 bits per heavy atom. The number of halogens is 1. The van der Waals surface area contributed by atoms with Crippen molar-refractivity contribution in [3.8, 4) is 10.6 Å². The Hall–Kier alpha value is -2.87. The molecule has 0 N–H and O–H groups in total. The third kappa shape index (κ3) is 3.27. The molecule has 2 aliphatic rings. The second-order valence-electron chi connectivity index (χ2n) is 7.61. The van der Waals surface area contributed by atoms with Crippen LogP contribution in [0.5, 0.6) is 0 Å². The Kier molecular flexibility index (Phi) is 4.50. The summed E-state index contributed by atoms with van der Waals surface area (Å²) in [5.41, 5.74) is 1.11. The van der Waals surface area contributed by atoms with Crippen molar-refractivity contribution in [3.05, 3.63) is 59.2 Å². The van der Waals surface area contributed by atoms with Crippen LogP contribution < -0.4 is 4.90 Å². The summed E-state index contributed by atoms with van der Waals surface area (Å²) in [6, 6.07) is 6.54. The molecule has 4 heterocycles. The fourth-order valence-corrected chi connectivity index (χ4v) is 5.35. The molecule has 2 saturated heterocycles. The number of aryl methyl sites for hydroxylation is 1. The van der Waals surface area contributed by atoms with Crippen molar-refractivity contribution in [3.63, 3.8) is 0 Å². The lowest BCUT2D eigenvalue weighted by molar-refractivity contribution is 0.0786. The van der Waals surface area contributed by atoms with Crippen LogP contribution in [0.25, 0.3) is 10.6 Å². The maximum atomic E-state index is 14.1. The van der Waals surface area contributed by atoms with E-state index in [-0.39, 0.29) is 11.7 Å². The fourth-order valence-electron chi connectivity index (χ4n) is 4.29. The van der Waals surface area contributed by atoms with Crippen molar-refractivity contribution >= 4 is 23.1 Å². The predicted octanol–water partition coefficient (Wildman–Crippen LogP) is 3.26. The van der Waals surface area contributed by atoms with Gasteiger partial charge in [0.05, 0.1) is 11.9 Å². The van der Waals surface area contributed by atoms with Crippen molar-refractivity contribution in [1.82, 2.24) is 19.9 Å². The lowest BCUT2D eigenvalue weighted by Gasteiger charge is -2.22. The number of hydrogen-bond acceptors (Lipinski definition) is 6. The summed E-state index contributed by atoms with van der Waals surface area (Å²) in [6.07, 6.45) is 5.17. The Bertz CT molecular complexity index is 1040. The second-order valence-corrected chi connectivity index (χ2v) is 8.61. The molecular weight excluding hydrogens is 389 g/mol. The predicted molar refractivity (Wildman–Crippen MR) is 109 cm³/mol. The second kappa shape index (κ2) is 7.18. The molecule has 0 radical (unpaired) electrons. The number of aromatic nitrogens is 3. The number of anilines is 1. The molecule has 8 heteroatoms. The van der Waals surface area contributed by atoms with E-state index in [1.807, 2.05) is 11.8 Å². The summed E-state index contributed by atoms with van der Waals surface area (Å²) < 4.78 is 14.1. The van der Waals surface area contributed by atoms with Crippen LogP contribution in [0.15, 0.2) is 42.9 Å². The number of amides is 1. The molecule has 6 nitrogen and oxygen atoms in total. The maximum Gasteiger partial charge on any atom is 0.265 e. The highest BCUT2D eigenvalue weighted by Gasteiger charge is 2.42. The van der Waals surface area contributed by atoms with Gasteiger partial charge in [-0.2, -0.15) is 0 Å². The molecule has 148 valence electrons. The number of fused-ring (bicyclic) bond motifs is 1. The van der Waals surface area contributed by atoms with Crippen molar-refractivity contribution < 1.29 is 9.18 Å². The first kappa shape index (κ1) is 18.2. The van der Waals surface area contributed by atoms with E-state index in [0.717, 1.165) is 32.0 Å². The molecule has 2 atom stereocenters. The minimum absolute atomic E-state index is 0.00282. The average Bonchev–Trinajstić information content (AvgIpc) is 3.41. The molecule has 0 spiro atoms. The molecule has 0 saturated carbocycles. The molecule has 5 rings (SSSR count). The third-order valence-corrected chi connectivity index (χ3v) is 6.92. The average molecular weight is 409 g/mol. The number of likely N-dealkylation sites (tertiary alicyclic amines) is 1. The number of carbonyl (C=O) groups excluding carboxylic acids is 1. The van der Waals surface area contributed by atoms with E-state index >= 15 is 0 Å². The van der Waals surface area contributed by atoms with Gasteiger partial charge in [0.1, 0.15) is 21.5 Å². The summed E-state index contributed by atoms with van der Waals surface area (Å²) in [6.45, 7) is 5.05. The molecule has 29 heavy (non-hydrogen) atoms. The molecule has 1 aromatic carbocycles. The van der Waals surface area contributed by atoms with Gasteiger partial charge in [0.2, 0.25) is 0 Å². The summed E-state index contributed by atoms with van der Waals surface area (Å²) in [5.74, 6) is 1.44. The van der Waals surface area contributed by atoms with Gasteiger partial charge < -0.3 is 9.80 Å². The van der Waals surface area contributed by atoms with Gasteiger partial charge in [0.25, 0.3) is 5.91 Å². The van der Waals surface area contributed by atoms with E-state index in [4.69, 9.17) is 0 Å². The van der Waals surface area contributed by atoms with Gasteiger partial charge in [0, 0.05) is 56.0 Å². The number of nitrogens with zero attached hydrogens (tertiary/aromatic N) is 5. The molecule has 2 aliphatic heterocycles. The van der Waals surface area contributed by atoms with Crippen LogP contribution in [0, 0.1) is 24.6 Å². The van der Waals surface area contributed by atoms with E-state index in [0.29, 0.717) is 33.0 Å². The fraction of sp³-hybridized carbons (Fsp3) is 0.333. The van der Waals surface area contributed by atoms with Gasteiger partial charge in [-0.05, 0) is 19.1 Å². The van der Waals surface area contributed by atoms with Crippen molar-refractivity contribution in [2.45, 2.75) is 6.92 Å². The minimum atomic E-state index is -0.319. The van der Waals surface area contributed by atoms with Crippen LogP contribution in [0.4, 0.5) is 10.2 Å². The number of carbonyl (C=O) groups is 1. The first-order chi connectivity index (χ1) is 14.1. The molecule has 0 bridgehead atoms. The van der Waals surface area contributed by atoms with E-state index in [1.54, 1.807) is 36.8 Å². The minimum Gasteiger partial charge on any atom is -0.355 e. The number of hydrogen-bond donors (Lipinski definition) is 0. The molecule has 2 fully saturated rings. The lowest BCUT2D eigenvalue weighted by atomic mass is 10.0. The molecule has 2 aromatic heterocycles. The van der Waals surface area contributed by atoms with Crippen LogP contribution in [-0.4, -0.2) is 51.9 Å². The smallest absolute Gasteiger partial charge is 0.265 e. The van der Waals surface area contributed by atoms with Crippen molar-refractivity contribution in [2.24, 2.45) is 11.8 Å². The third-order valence-electron chi connectivity index (χ3n) is 5.74. The highest BCUT2D eigenvalue weighted by molar-refractivity contribution is 7.17. The number of benzene rings is 1. The van der Waals surface area contributed by atoms with Gasteiger partial charge >= 0.3 is 0 Å². The molecule has 1 amide bonds. The van der Waals surface area contributed by atoms with Gasteiger partial charge in [-0.15, -0.1) is 11.3 Å². The monoisotopic (exact) mass is 409 g/mol. The van der Waals surface area contributed by atoms with E-state index in [2.05, 4.69) is 19.9 Å². The number of thiazole rings is 1. The summed E-state index contributed by atoms with van der Waals surface area (Å²) in [7, 11) is 0. The van der Waals surface area contributed by atoms with Crippen LogP contribution in [-0.2, 0) is 0 Å². The van der Waals surface area contributed by atoms with Crippen molar-refractivity contribution in [2.75, 3.05) is 31.1 Å². The largest absolute Gasteiger partial charge is 0.355 e. The quantitative estimate of drug-likeness (QED) is 0.665. The topological polar surface area (TPSA) is 62.2 Å². The Morgan fingerprint density at radius 2 is 1.90 bits per heavy atom. The van der Waals surface area contributed by atoms with Crippen LogP contribution in [0.3, 0.4) is 0 Å². The molecular formula is C21H20FN5OS. The van der Waals surface area contributed by atoms with E-state index < -0.39 is 0 Å². The van der Waals surface area contributed by atoms with Gasteiger partial charge in [-0.25, -0.2) is 14.4 Å². The lowest BCUT2D eigenvalue weighted by Crippen LogP contribution is -2.33. The van der Waals surface area contributed by atoms with Crippen LogP contribution in [0.2, 0.25) is 0 Å². The summed E-state index contributed by atoms with van der Waals surface area (Å²) in [5, 5.41) is 0.553. The summed E-state index contributed by atoms with van der Waals surface area (Å²) in [4.78, 5) is 30.9. The van der Waals surface area contributed by atoms with Gasteiger partial charge in [-0.1, -0.05) is 12.1 Å². The standard InChI is InChI=1S/C21H20FN5OS/c1-13-19(29-20(25-13)16-4-2-3-5-17(16)22)21(28)27-11-14-9-26(10-15(14)12-27)18-8-23-6-7-24-18/h2-8,14-15H,9-12H2,1H3. The van der Waals surface area contributed by atoms with Crippen LogP contribution in [0.1, 0.15) is 15.4 Å². The highest BCUT2D eigenvalue weighted by atomic mass is 32.1. The zero-order chi connectivity index (χ0) is 20.0. The Morgan fingerprint density at radius 1 is 1.14 bits per heavy atom. The van der Waals surface area contributed by atoms with E-state index in [1.165, 1.54) is 17.4 Å². The molecule has 2 unspecified atom stereocenters. The zero-order valence-corrected chi connectivity index (χ0v) is 16.8. The van der Waals surface area contributed by atoms with Crippen LogP contribution >= 0.6 is 11.3 Å². The van der Waals surface area contributed by atoms with E-state index in [9.17, 15) is 9.18 Å². The first-order valence-electron chi connectivity index (χ1n) is 9.62. The Balaban J connectivity index is 1.31.